The zero-order valence-corrected chi connectivity index (χ0v) is 12.2. The SMILES string of the molecule is CC(=NNC(=O)c1ccccc1Cl)c1ccc(Cl)cc1. The summed E-state index contributed by atoms with van der Waals surface area (Å²) in [5.74, 6) is -0.344. The molecule has 0 heterocycles. The lowest BCUT2D eigenvalue weighted by Gasteiger charge is -2.04. The van der Waals surface area contributed by atoms with Crippen LogP contribution in [0.4, 0.5) is 0 Å². The molecule has 2 aromatic rings. The van der Waals surface area contributed by atoms with Crippen molar-refractivity contribution in [2.75, 3.05) is 0 Å². The Kier molecular flexibility index (Phi) is 4.77. The Labute approximate surface area is 127 Å². The van der Waals surface area contributed by atoms with Crippen LogP contribution in [0.25, 0.3) is 0 Å². The fraction of sp³-hybridized carbons (Fsp3) is 0.0667. The van der Waals surface area contributed by atoms with Crippen molar-refractivity contribution in [3.05, 3.63) is 69.7 Å². The highest BCUT2D eigenvalue weighted by molar-refractivity contribution is 6.33. The van der Waals surface area contributed by atoms with Gasteiger partial charge < -0.3 is 0 Å². The largest absolute Gasteiger partial charge is 0.272 e. The minimum absolute atomic E-state index is 0.344. The van der Waals surface area contributed by atoms with E-state index in [0.29, 0.717) is 21.3 Å². The maximum Gasteiger partial charge on any atom is 0.272 e. The third-order valence-corrected chi connectivity index (χ3v) is 3.29. The van der Waals surface area contributed by atoms with Gasteiger partial charge in [0.25, 0.3) is 5.91 Å². The molecule has 1 N–H and O–H groups in total. The molecule has 0 aromatic heterocycles. The van der Waals surface area contributed by atoms with E-state index in [9.17, 15) is 4.79 Å². The van der Waals surface area contributed by atoms with Crippen LogP contribution in [0.2, 0.25) is 10.0 Å². The second-order valence-corrected chi connectivity index (χ2v) is 4.97. The summed E-state index contributed by atoms with van der Waals surface area (Å²) in [5.41, 5.74) is 4.44. The van der Waals surface area contributed by atoms with Crippen LogP contribution in [-0.2, 0) is 0 Å². The first-order valence-electron chi connectivity index (χ1n) is 5.93. The van der Waals surface area contributed by atoms with Gasteiger partial charge in [0, 0.05) is 5.02 Å². The molecule has 102 valence electrons. The highest BCUT2D eigenvalue weighted by Crippen LogP contribution is 2.14. The van der Waals surface area contributed by atoms with Gasteiger partial charge in [-0.25, -0.2) is 5.43 Å². The molecule has 0 saturated carbocycles. The van der Waals surface area contributed by atoms with E-state index in [1.807, 2.05) is 12.1 Å². The molecule has 0 radical (unpaired) electrons. The van der Waals surface area contributed by atoms with Gasteiger partial charge in [0.2, 0.25) is 0 Å². The van der Waals surface area contributed by atoms with Crippen molar-refractivity contribution in [1.82, 2.24) is 5.43 Å². The first kappa shape index (κ1) is 14.6. The normalized spacial score (nSPS) is 11.2. The van der Waals surface area contributed by atoms with Gasteiger partial charge in [-0.15, -0.1) is 0 Å². The Morgan fingerprint density at radius 1 is 1.05 bits per heavy atom. The zero-order chi connectivity index (χ0) is 14.5. The molecule has 5 heteroatoms. The van der Waals surface area contributed by atoms with Crippen molar-refractivity contribution in [1.29, 1.82) is 0 Å². The van der Waals surface area contributed by atoms with Crippen LogP contribution < -0.4 is 5.43 Å². The molecule has 0 spiro atoms. The van der Waals surface area contributed by atoms with E-state index in [2.05, 4.69) is 10.5 Å². The number of benzene rings is 2. The molecule has 1 amide bonds. The fourth-order valence-electron chi connectivity index (χ4n) is 1.60. The Morgan fingerprint density at radius 3 is 2.35 bits per heavy atom. The molecule has 0 bridgehead atoms. The van der Waals surface area contributed by atoms with Crippen molar-refractivity contribution in [2.24, 2.45) is 5.10 Å². The van der Waals surface area contributed by atoms with Crippen LogP contribution in [0.3, 0.4) is 0 Å². The number of halogens is 2. The van der Waals surface area contributed by atoms with E-state index < -0.39 is 0 Å². The smallest absolute Gasteiger partial charge is 0.267 e. The molecule has 0 atom stereocenters. The summed E-state index contributed by atoms with van der Waals surface area (Å²) < 4.78 is 0. The van der Waals surface area contributed by atoms with Gasteiger partial charge in [-0.3, -0.25) is 4.79 Å². The number of hydrazone groups is 1. The van der Waals surface area contributed by atoms with E-state index in [0.717, 1.165) is 5.56 Å². The molecule has 0 unspecified atom stereocenters. The Hall–Kier alpha value is -1.84. The van der Waals surface area contributed by atoms with E-state index >= 15 is 0 Å². The lowest BCUT2D eigenvalue weighted by molar-refractivity contribution is 0.0955. The number of hydrogen-bond donors (Lipinski definition) is 1. The molecule has 2 aromatic carbocycles. The molecule has 0 saturated heterocycles. The van der Waals surface area contributed by atoms with Crippen molar-refractivity contribution < 1.29 is 4.79 Å². The van der Waals surface area contributed by atoms with E-state index in [1.165, 1.54) is 0 Å². The average molecular weight is 307 g/mol. The van der Waals surface area contributed by atoms with Crippen LogP contribution in [0.5, 0.6) is 0 Å². The highest BCUT2D eigenvalue weighted by atomic mass is 35.5. The third-order valence-electron chi connectivity index (χ3n) is 2.71. The lowest BCUT2D eigenvalue weighted by atomic mass is 10.1. The second-order valence-electron chi connectivity index (χ2n) is 4.12. The second kappa shape index (κ2) is 6.55. The quantitative estimate of drug-likeness (QED) is 0.672. The molecule has 20 heavy (non-hydrogen) atoms. The molecule has 0 aliphatic rings. The van der Waals surface area contributed by atoms with Crippen LogP contribution in [-0.4, -0.2) is 11.6 Å². The predicted octanol–water partition coefficient (Wildman–Crippen LogP) is 4.15. The molecule has 0 aliphatic heterocycles. The first-order chi connectivity index (χ1) is 9.58. The van der Waals surface area contributed by atoms with Gasteiger partial charge >= 0.3 is 0 Å². The molecular formula is C15H12Cl2N2O. The zero-order valence-electron chi connectivity index (χ0n) is 10.7. The van der Waals surface area contributed by atoms with Gasteiger partial charge in [0.05, 0.1) is 16.3 Å². The highest BCUT2D eigenvalue weighted by Gasteiger charge is 2.08. The van der Waals surface area contributed by atoms with Crippen molar-refractivity contribution >= 4 is 34.8 Å². The average Bonchev–Trinajstić information content (AvgIpc) is 2.45. The topological polar surface area (TPSA) is 41.5 Å². The number of amides is 1. The number of nitrogens with zero attached hydrogens (tertiary/aromatic N) is 1. The van der Waals surface area contributed by atoms with Crippen molar-refractivity contribution in [3.8, 4) is 0 Å². The van der Waals surface area contributed by atoms with Gasteiger partial charge in [-0.05, 0) is 36.8 Å². The van der Waals surface area contributed by atoms with Crippen LogP contribution in [0, 0.1) is 0 Å². The number of rotatable bonds is 3. The Morgan fingerprint density at radius 2 is 1.70 bits per heavy atom. The van der Waals surface area contributed by atoms with Gasteiger partial charge in [-0.1, -0.05) is 47.5 Å². The van der Waals surface area contributed by atoms with E-state index in [-0.39, 0.29) is 5.91 Å². The van der Waals surface area contributed by atoms with Crippen LogP contribution in [0.1, 0.15) is 22.8 Å². The Balaban J connectivity index is 2.11. The summed E-state index contributed by atoms with van der Waals surface area (Å²) in [4.78, 5) is 11.9. The number of nitrogens with one attached hydrogen (secondary N) is 1. The third kappa shape index (κ3) is 3.59. The summed E-state index contributed by atoms with van der Waals surface area (Å²) >= 11 is 11.8. The molecular weight excluding hydrogens is 295 g/mol. The lowest BCUT2D eigenvalue weighted by Crippen LogP contribution is -2.19. The first-order valence-corrected chi connectivity index (χ1v) is 6.68. The van der Waals surface area contributed by atoms with E-state index in [1.54, 1.807) is 43.3 Å². The summed E-state index contributed by atoms with van der Waals surface area (Å²) in [6.45, 7) is 1.80. The van der Waals surface area contributed by atoms with Gasteiger partial charge in [-0.2, -0.15) is 5.10 Å². The monoisotopic (exact) mass is 306 g/mol. The molecule has 2 rings (SSSR count). The number of hydrogen-bond acceptors (Lipinski definition) is 2. The number of carbonyl (C=O) groups excluding carboxylic acids is 1. The van der Waals surface area contributed by atoms with Crippen molar-refractivity contribution in [3.63, 3.8) is 0 Å². The van der Waals surface area contributed by atoms with Crippen LogP contribution >= 0.6 is 23.2 Å². The van der Waals surface area contributed by atoms with Gasteiger partial charge in [0.15, 0.2) is 0 Å². The molecule has 3 nitrogen and oxygen atoms in total. The predicted molar refractivity (Wildman–Crippen MR) is 82.6 cm³/mol. The fourth-order valence-corrected chi connectivity index (χ4v) is 1.94. The van der Waals surface area contributed by atoms with E-state index in [4.69, 9.17) is 23.2 Å². The summed E-state index contributed by atoms with van der Waals surface area (Å²) in [6.07, 6.45) is 0. The summed E-state index contributed by atoms with van der Waals surface area (Å²) in [6, 6.07) is 14.0. The maximum absolute atomic E-state index is 11.9. The Bertz CT molecular complexity index is 651. The minimum Gasteiger partial charge on any atom is -0.267 e. The van der Waals surface area contributed by atoms with Gasteiger partial charge in [0.1, 0.15) is 0 Å². The van der Waals surface area contributed by atoms with Crippen LogP contribution in [0.15, 0.2) is 53.6 Å². The summed E-state index contributed by atoms with van der Waals surface area (Å²) in [5, 5.41) is 5.10. The standard InChI is InChI=1S/C15H12Cl2N2O/c1-10(11-6-8-12(16)9-7-11)18-19-15(20)13-4-2-3-5-14(13)17/h2-9H,1H3,(H,19,20). The molecule has 0 fully saturated rings. The maximum atomic E-state index is 11.9. The molecule has 0 aliphatic carbocycles. The number of carbonyl (C=O) groups is 1. The minimum atomic E-state index is -0.344. The summed E-state index contributed by atoms with van der Waals surface area (Å²) in [7, 11) is 0. The van der Waals surface area contributed by atoms with Crippen molar-refractivity contribution in [2.45, 2.75) is 6.92 Å².